The maximum Gasteiger partial charge on any atom is 0.0481 e. The maximum absolute atomic E-state index is 5.73. The van der Waals surface area contributed by atoms with Crippen LogP contribution in [0.25, 0.3) is 10.9 Å². The molecule has 1 aromatic heterocycles. The summed E-state index contributed by atoms with van der Waals surface area (Å²) >= 11 is 0. The number of nitrogens with zero attached hydrogens (tertiary/aromatic N) is 1. The number of hydrogen-bond donors (Lipinski definition) is 2. The Morgan fingerprint density at radius 1 is 1.39 bits per heavy atom. The van der Waals surface area contributed by atoms with E-state index >= 15 is 0 Å². The van der Waals surface area contributed by atoms with Crippen molar-refractivity contribution in [2.75, 3.05) is 0 Å². The number of aromatic nitrogens is 1. The minimum absolute atomic E-state index is 0.611. The molecule has 0 unspecified atom stereocenters. The fourth-order valence-electron chi connectivity index (χ4n) is 2.66. The van der Waals surface area contributed by atoms with Crippen LogP contribution in [-0.2, 0) is 20.1 Å². The third kappa shape index (κ3) is 2.04. The largest absolute Gasteiger partial charge is 0.350 e. The number of aryl methyl sites for hydroxylation is 1. The summed E-state index contributed by atoms with van der Waals surface area (Å²) in [6.45, 7) is 1.58. The zero-order valence-corrected chi connectivity index (χ0v) is 10.9. The van der Waals surface area contributed by atoms with Gasteiger partial charge in [0.25, 0.3) is 0 Å². The lowest BCUT2D eigenvalue weighted by molar-refractivity contribution is 0.338. The first-order valence-corrected chi connectivity index (χ1v) is 6.78. The highest BCUT2D eigenvalue weighted by molar-refractivity contribution is 5.84. The summed E-state index contributed by atoms with van der Waals surface area (Å²) in [6.07, 6.45) is 6.28. The van der Waals surface area contributed by atoms with E-state index in [0.29, 0.717) is 6.54 Å². The molecular weight excluding hydrogens is 222 g/mol. The highest BCUT2D eigenvalue weighted by Crippen LogP contribution is 2.24. The molecule has 1 aromatic carbocycles. The van der Waals surface area contributed by atoms with Gasteiger partial charge in [-0.05, 0) is 36.1 Å². The van der Waals surface area contributed by atoms with E-state index in [9.17, 15) is 0 Å². The molecule has 0 amide bonds. The van der Waals surface area contributed by atoms with E-state index in [1.165, 1.54) is 41.3 Å². The van der Waals surface area contributed by atoms with Crippen LogP contribution in [-0.4, -0.2) is 10.6 Å². The van der Waals surface area contributed by atoms with Gasteiger partial charge in [0, 0.05) is 43.3 Å². The van der Waals surface area contributed by atoms with Crippen molar-refractivity contribution in [3.63, 3.8) is 0 Å². The summed E-state index contributed by atoms with van der Waals surface area (Å²) in [5, 5.41) is 4.97. The van der Waals surface area contributed by atoms with Crippen molar-refractivity contribution >= 4 is 10.9 Å². The molecule has 96 valence electrons. The maximum atomic E-state index is 5.73. The summed E-state index contributed by atoms with van der Waals surface area (Å²) in [5.41, 5.74) is 9.61. The Bertz CT molecular complexity index is 552. The number of hydrogen-bond acceptors (Lipinski definition) is 2. The average molecular weight is 243 g/mol. The monoisotopic (exact) mass is 243 g/mol. The van der Waals surface area contributed by atoms with Crippen molar-refractivity contribution in [2.45, 2.75) is 38.4 Å². The Balaban J connectivity index is 1.89. The van der Waals surface area contributed by atoms with Crippen molar-refractivity contribution in [3.8, 4) is 0 Å². The third-order valence-electron chi connectivity index (χ3n) is 4.06. The molecule has 0 saturated heterocycles. The first-order chi connectivity index (χ1) is 8.78. The lowest BCUT2D eigenvalue weighted by atomic mass is 9.93. The highest BCUT2D eigenvalue weighted by Gasteiger charge is 2.17. The number of nitrogens with two attached hydrogens (primary N) is 1. The number of nitrogens with one attached hydrogen (secondary N) is 1. The van der Waals surface area contributed by atoms with Crippen LogP contribution in [0.5, 0.6) is 0 Å². The molecule has 3 N–H and O–H groups in total. The van der Waals surface area contributed by atoms with Gasteiger partial charge in [0.2, 0.25) is 0 Å². The predicted molar refractivity (Wildman–Crippen MR) is 75.3 cm³/mol. The molecule has 1 saturated carbocycles. The summed E-state index contributed by atoms with van der Waals surface area (Å²) < 4.78 is 2.20. The van der Waals surface area contributed by atoms with E-state index in [2.05, 4.69) is 41.3 Å². The zero-order valence-electron chi connectivity index (χ0n) is 10.9. The molecule has 3 rings (SSSR count). The summed E-state index contributed by atoms with van der Waals surface area (Å²) in [6, 6.07) is 7.25. The lowest BCUT2D eigenvalue weighted by Crippen LogP contribution is -2.34. The molecule has 0 radical (unpaired) electrons. The van der Waals surface area contributed by atoms with Crippen LogP contribution in [0.2, 0.25) is 0 Å². The van der Waals surface area contributed by atoms with Gasteiger partial charge in [0.15, 0.2) is 0 Å². The molecule has 0 spiro atoms. The second kappa shape index (κ2) is 4.75. The van der Waals surface area contributed by atoms with Crippen LogP contribution in [0.15, 0.2) is 24.4 Å². The smallest absolute Gasteiger partial charge is 0.0481 e. The molecule has 1 aliphatic rings. The van der Waals surface area contributed by atoms with Crippen LogP contribution in [0, 0.1) is 0 Å². The fourth-order valence-corrected chi connectivity index (χ4v) is 2.66. The Hall–Kier alpha value is -1.32. The second-order valence-electron chi connectivity index (χ2n) is 5.33. The van der Waals surface area contributed by atoms with Crippen molar-refractivity contribution in [2.24, 2.45) is 12.8 Å². The minimum atomic E-state index is 0.611. The second-order valence-corrected chi connectivity index (χ2v) is 5.33. The quantitative estimate of drug-likeness (QED) is 0.865. The normalized spacial score (nSPS) is 16.1. The van der Waals surface area contributed by atoms with Crippen LogP contribution < -0.4 is 11.1 Å². The molecule has 3 heteroatoms. The van der Waals surface area contributed by atoms with E-state index in [-0.39, 0.29) is 0 Å². The molecular formula is C15H21N3. The summed E-state index contributed by atoms with van der Waals surface area (Å²) in [4.78, 5) is 0. The molecule has 3 nitrogen and oxygen atoms in total. The van der Waals surface area contributed by atoms with E-state index < -0.39 is 0 Å². The number of fused-ring (bicyclic) bond motifs is 1. The fraction of sp³-hybridized carbons (Fsp3) is 0.467. The van der Waals surface area contributed by atoms with Crippen molar-refractivity contribution in [1.82, 2.24) is 9.88 Å². The van der Waals surface area contributed by atoms with Gasteiger partial charge < -0.3 is 15.6 Å². The summed E-state index contributed by atoms with van der Waals surface area (Å²) in [5.74, 6) is 0. The van der Waals surface area contributed by atoms with Gasteiger partial charge in [-0.1, -0.05) is 12.5 Å². The number of benzene rings is 1. The molecule has 0 atom stereocenters. The van der Waals surface area contributed by atoms with Crippen molar-refractivity contribution in [1.29, 1.82) is 0 Å². The van der Waals surface area contributed by atoms with Gasteiger partial charge in [-0.15, -0.1) is 0 Å². The molecule has 18 heavy (non-hydrogen) atoms. The predicted octanol–water partition coefficient (Wildman–Crippen LogP) is 2.28. The van der Waals surface area contributed by atoms with Gasteiger partial charge in [-0.25, -0.2) is 0 Å². The first kappa shape index (κ1) is 11.8. The van der Waals surface area contributed by atoms with Crippen LogP contribution in [0.3, 0.4) is 0 Å². The van der Waals surface area contributed by atoms with Crippen molar-refractivity contribution < 1.29 is 0 Å². The molecule has 1 fully saturated rings. The van der Waals surface area contributed by atoms with Gasteiger partial charge in [-0.3, -0.25) is 0 Å². The van der Waals surface area contributed by atoms with Gasteiger partial charge in [0.05, 0.1) is 0 Å². The Morgan fingerprint density at radius 3 is 2.89 bits per heavy atom. The molecule has 0 bridgehead atoms. The Labute approximate surface area is 108 Å². The van der Waals surface area contributed by atoms with E-state index in [1.54, 1.807) is 0 Å². The lowest BCUT2D eigenvalue weighted by Gasteiger charge is -2.26. The van der Waals surface area contributed by atoms with E-state index in [0.717, 1.165) is 12.6 Å². The first-order valence-electron chi connectivity index (χ1n) is 6.78. The molecule has 0 aliphatic heterocycles. The SMILES string of the molecule is Cn1cc(CNC2CCC2)c2cc(CN)ccc21. The van der Waals surface area contributed by atoms with Crippen LogP contribution >= 0.6 is 0 Å². The average Bonchev–Trinajstić information content (AvgIpc) is 2.64. The standard InChI is InChI=1S/C15H21N3/c1-18-10-12(9-17-13-3-2-4-13)14-7-11(8-16)5-6-15(14)18/h5-7,10,13,17H,2-4,8-9,16H2,1H3. The van der Waals surface area contributed by atoms with E-state index in [1.807, 2.05) is 0 Å². The third-order valence-corrected chi connectivity index (χ3v) is 4.06. The van der Waals surface area contributed by atoms with E-state index in [4.69, 9.17) is 5.73 Å². The zero-order chi connectivity index (χ0) is 12.5. The molecule has 1 aliphatic carbocycles. The Kier molecular flexibility index (Phi) is 3.10. The summed E-state index contributed by atoms with van der Waals surface area (Å²) in [7, 11) is 2.11. The minimum Gasteiger partial charge on any atom is -0.350 e. The molecule has 2 aromatic rings. The van der Waals surface area contributed by atoms with Crippen molar-refractivity contribution in [3.05, 3.63) is 35.5 Å². The van der Waals surface area contributed by atoms with Gasteiger partial charge in [0.1, 0.15) is 0 Å². The van der Waals surface area contributed by atoms with Gasteiger partial charge >= 0.3 is 0 Å². The van der Waals surface area contributed by atoms with Gasteiger partial charge in [-0.2, -0.15) is 0 Å². The highest BCUT2D eigenvalue weighted by atomic mass is 15.0. The van der Waals surface area contributed by atoms with Crippen LogP contribution in [0.1, 0.15) is 30.4 Å². The topological polar surface area (TPSA) is 43.0 Å². The Morgan fingerprint density at radius 2 is 2.22 bits per heavy atom. The molecule has 1 heterocycles. The van der Waals surface area contributed by atoms with Crippen LogP contribution in [0.4, 0.5) is 0 Å². The number of rotatable bonds is 4.